The molecule has 3 rings (SSSR count). The predicted molar refractivity (Wildman–Crippen MR) is 101 cm³/mol. The van der Waals surface area contributed by atoms with Gasteiger partial charge in [0.15, 0.2) is 0 Å². The molecular formula is C20H24N2S. The van der Waals surface area contributed by atoms with Crippen molar-refractivity contribution in [3.63, 3.8) is 0 Å². The van der Waals surface area contributed by atoms with Gasteiger partial charge in [0.1, 0.15) is 4.99 Å². The second kappa shape index (κ2) is 6.81. The average Bonchev–Trinajstić information content (AvgIpc) is 2.58. The summed E-state index contributed by atoms with van der Waals surface area (Å²) in [6, 6.07) is 19.5. The van der Waals surface area contributed by atoms with Crippen molar-refractivity contribution in [3.8, 4) is 0 Å². The Kier molecular flexibility index (Phi) is 4.79. The molecule has 2 aromatic carbocycles. The number of nitrogens with one attached hydrogen (secondary N) is 1. The maximum Gasteiger partial charge on any atom is 0.106 e. The molecule has 2 nitrogen and oxygen atoms in total. The van der Waals surface area contributed by atoms with Gasteiger partial charge in [-0.3, -0.25) is 0 Å². The quantitative estimate of drug-likeness (QED) is 0.846. The predicted octanol–water partition coefficient (Wildman–Crippen LogP) is 3.59. The molecule has 120 valence electrons. The number of thiocarbonyl (C=S) groups is 1. The van der Waals surface area contributed by atoms with Crippen molar-refractivity contribution >= 4 is 17.2 Å². The van der Waals surface area contributed by atoms with Gasteiger partial charge in [0, 0.05) is 17.5 Å². The lowest BCUT2D eigenvalue weighted by molar-refractivity contribution is 0.356. The summed E-state index contributed by atoms with van der Waals surface area (Å²) >= 11 is 5.55. The van der Waals surface area contributed by atoms with Crippen LogP contribution >= 0.6 is 12.2 Å². The van der Waals surface area contributed by atoms with Crippen molar-refractivity contribution in [3.05, 3.63) is 71.3 Å². The molecule has 1 N–H and O–H groups in total. The van der Waals surface area contributed by atoms with Crippen molar-refractivity contribution in [1.29, 1.82) is 0 Å². The van der Waals surface area contributed by atoms with Gasteiger partial charge in [-0.1, -0.05) is 66.8 Å². The van der Waals surface area contributed by atoms with Gasteiger partial charge >= 0.3 is 0 Å². The monoisotopic (exact) mass is 324 g/mol. The minimum absolute atomic E-state index is 0.00380. The number of hydrogen-bond acceptors (Lipinski definition) is 2. The third-order valence-electron chi connectivity index (χ3n) is 4.77. The Balaban J connectivity index is 2.06. The highest BCUT2D eigenvalue weighted by molar-refractivity contribution is 7.80. The highest BCUT2D eigenvalue weighted by Gasteiger charge is 2.39. The fraction of sp³-hybridized carbons (Fsp3) is 0.350. The van der Waals surface area contributed by atoms with E-state index in [4.69, 9.17) is 12.2 Å². The highest BCUT2D eigenvalue weighted by Crippen LogP contribution is 2.40. The van der Waals surface area contributed by atoms with E-state index in [1.807, 2.05) is 0 Å². The number of benzene rings is 2. The molecule has 2 aromatic rings. The van der Waals surface area contributed by atoms with Crippen LogP contribution in [-0.2, 0) is 5.41 Å². The average molecular weight is 324 g/mol. The smallest absolute Gasteiger partial charge is 0.106 e. The Hall–Kier alpha value is -1.71. The number of nitrogens with zero attached hydrogens (tertiary/aromatic N) is 1. The molecule has 0 aliphatic carbocycles. The van der Waals surface area contributed by atoms with Gasteiger partial charge in [-0.05, 0) is 44.6 Å². The third kappa shape index (κ3) is 3.17. The summed E-state index contributed by atoms with van der Waals surface area (Å²) in [5.41, 5.74) is 3.92. The zero-order valence-electron chi connectivity index (χ0n) is 13.9. The number of rotatable bonds is 5. The molecule has 1 aliphatic heterocycles. The van der Waals surface area contributed by atoms with Crippen LogP contribution in [0.1, 0.15) is 29.5 Å². The minimum atomic E-state index is -0.00380. The van der Waals surface area contributed by atoms with Crippen LogP contribution < -0.4 is 5.32 Å². The molecule has 0 aromatic heterocycles. The minimum Gasteiger partial charge on any atom is -0.375 e. The van der Waals surface area contributed by atoms with Crippen molar-refractivity contribution in [1.82, 2.24) is 10.2 Å². The second-order valence-corrected chi connectivity index (χ2v) is 6.99. The maximum absolute atomic E-state index is 5.55. The summed E-state index contributed by atoms with van der Waals surface area (Å²) < 4.78 is 0. The largest absolute Gasteiger partial charge is 0.375 e. The van der Waals surface area contributed by atoms with Gasteiger partial charge in [-0.2, -0.15) is 0 Å². The van der Waals surface area contributed by atoms with Crippen LogP contribution in [0.15, 0.2) is 54.6 Å². The van der Waals surface area contributed by atoms with Crippen LogP contribution in [-0.4, -0.2) is 37.1 Å². The van der Waals surface area contributed by atoms with E-state index in [0.29, 0.717) is 0 Å². The fourth-order valence-electron chi connectivity index (χ4n) is 3.60. The van der Waals surface area contributed by atoms with Crippen LogP contribution in [0.2, 0.25) is 0 Å². The summed E-state index contributed by atoms with van der Waals surface area (Å²) in [6.45, 7) is 1.97. The zero-order valence-corrected chi connectivity index (χ0v) is 14.7. The highest BCUT2D eigenvalue weighted by atomic mass is 32.1. The summed E-state index contributed by atoms with van der Waals surface area (Å²) in [6.07, 6.45) is 2.27. The van der Waals surface area contributed by atoms with E-state index in [0.717, 1.165) is 30.9 Å². The van der Waals surface area contributed by atoms with Crippen LogP contribution in [0, 0.1) is 0 Å². The molecule has 23 heavy (non-hydrogen) atoms. The summed E-state index contributed by atoms with van der Waals surface area (Å²) in [7, 11) is 4.27. The van der Waals surface area contributed by atoms with Gasteiger partial charge in [0.2, 0.25) is 0 Å². The molecule has 0 fully saturated rings. The standard InChI is InChI=1S/C20H24N2S/c1-22(2)14-8-13-20(16-9-4-3-5-10-16)15-21-19(23)17-11-6-7-12-18(17)20/h3-7,9-12H,8,13-15H2,1-2H3,(H,21,23). The second-order valence-electron chi connectivity index (χ2n) is 6.58. The van der Waals surface area contributed by atoms with Crippen LogP contribution in [0.4, 0.5) is 0 Å². The van der Waals surface area contributed by atoms with E-state index in [9.17, 15) is 0 Å². The maximum atomic E-state index is 5.55. The van der Waals surface area contributed by atoms with E-state index in [2.05, 4.69) is 78.9 Å². The van der Waals surface area contributed by atoms with Gasteiger partial charge in [0.05, 0.1) is 0 Å². The Morgan fingerprint density at radius 2 is 1.74 bits per heavy atom. The van der Waals surface area contributed by atoms with Gasteiger partial charge < -0.3 is 10.2 Å². The zero-order chi connectivity index (χ0) is 16.3. The molecule has 3 heteroatoms. The first-order valence-corrected chi connectivity index (χ1v) is 8.62. The lowest BCUT2D eigenvalue weighted by Crippen LogP contribution is -2.47. The molecule has 0 bridgehead atoms. The molecule has 1 atom stereocenters. The summed E-state index contributed by atoms with van der Waals surface area (Å²) in [5.74, 6) is 0. The summed E-state index contributed by atoms with van der Waals surface area (Å²) in [5, 5.41) is 3.48. The molecule has 1 heterocycles. The Morgan fingerprint density at radius 3 is 2.48 bits per heavy atom. The van der Waals surface area contributed by atoms with Gasteiger partial charge in [-0.25, -0.2) is 0 Å². The molecular weight excluding hydrogens is 300 g/mol. The van der Waals surface area contributed by atoms with Crippen molar-refractivity contribution in [2.75, 3.05) is 27.2 Å². The molecule has 0 saturated carbocycles. The molecule has 0 radical (unpaired) electrons. The fourth-order valence-corrected chi connectivity index (χ4v) is 3.85. The Bertz CT molecular complexity index is 681. The van der Waals surface area contributed by atoms with Crippen molar-refractivity contribution in [2.24, 2.45) is 0 Å². The lowest BCUT2D eigenvalue weighted by atomic mass is 9.68. The Labute approximate surface area is 144 Å². The van der Waals surface area contributed by atoms with E-state index in [-0.39, 0.29) is 5.41 Å². The van der Waals surface area contributed by atoms with Gasteiger partial charge in [0.25, 0.3) is 0 Å². The SMILES string of the molecule is CN(C)CCCC1(c2ccccc2)CNC(=S)c2ccccc21. The first-order valence-electron chi connectivity index (χ1n) is 8.21. The van der Waals surface area contributed by atoms with E-state index >= 15 is 0 Å². The number of fused-ring (bicyclic) bond motifs is 1. The molecule has 1 unspecified atom stereocenters. The molecule has 1 aliphatic rings. The third-order valence-corrected chi connectivity index (χ3v) is 5.14. The van der Waals surface area contributed by atoms with Crippen molar-refractivity contribution in [2.45, 2.75) is 18.3 Å². The first-order chi connectivity index (χ1) is 11.1. The molecule has 0 amide bonds. The van der Waals surface area contributed by atoms with E-state index in [1.54, 1.807) is 0 Å². The molecule has 0 spiro atoms. The van der Waals surface area contributed by atoms with Crippen LogP contribution in [0.5, 0.6) is 0 Å². The van der Waals surface area contributed by atoms with Crippen LogP contribution in [0.3, 0.4) is 0 Å². The van der Waals surface area contributed by atoms with Crippen LogP contribution in [0.25, 0.3) is 0 Å². The van der Waals surface area contributed by atoms with E-state index < -0.39 is 0 Å². The summed E-state index contributed by atoms with van der Waals surface area (Å²) in [4.78, 5) is 3.13. The van der Waals surface area contributed by atoms with Gasteiger partial charge in [-0.15, -0.1) is 0 Å². The normalized spacial score (nSPS) is 20.2. The van der Waals surface area contributed by atoms with E-state index in [1.165, 1.54) is 16.7 Å². The Morgan fingerprint density at radius 1 is 1.04 bits per heavy atom. The number of hydrogen-bond donors (Lipinski definition) is 1. The lowest BCUT2D eigenvalue weighted by Gasteiger charge is -2.41. The van der Waals surface area contributed by atoms with Crippen molar-refractivity contribution < 1.29 is 0 Å². The first kappa shape index (κ1) is 16.2. The molecule has 0 saturated heterocycles. The topological polar surface area (TPSA) is 15.3 Å².